The lowest BCUT2D eigenvalue weighted by Gasteiger charge is -2.22. The van der Waals surface area contributed by atoms with Crippen molar-refractivity contribution in [2.24, 2.45) is 10.7 Å². The number of likely N-dealkylation sites (tertiary alicyclic amines) is 1. The molecule has 1 aliphatic heterocycles. The summed E-state index contributed by atoms with van der Waals surface area (Å²) in [7, 11) is 1.65. The molecule has 0 saturated carbocycles. The van der Waals surface area contributed by atoms with E-state index in [9.17, 15) is 13.2 Å². The van der Waals surface area contributed by atoms with Crippen LogP contribution < -0.4 is 5.73 Å². The summed E-state index contributed by atoms with van der Waals surface area (Å²) in [5.41, 5.74) is 8.11. The highest BCUT2D eigenvalue weighted by molar-refractivity contribution is 5.78. The van der Waals surface area contributed by atoms with Crippen molar-refractivity contribution in [3.8, 4) is 22.6 Å². The van der Waals surface area contributed by atoms with E-state index in [-0.39, 0.29) is 6.04 Å². The number of halogens is 3. The first kappa shape index (κ1) is 23.5. The van der Waals surface area contributed by atoms with E-state index in [4.69, 9.17) is 10.3 Å². The number of nitrogens with two attached hydrogens (primary N) is 1. The molecule has 2 aromatic heterocycles. The number of aromatic nitrogens is 5. The van der Waals surface area contributed by atoms with Crippen molar-refractivity contribution in [1.29, 1.82) is 0 Å². The number of rotatable bonds is 5. The quantitative estimate of drug-likeness (QED) is 0.326. The Hall–Kier alpha value is -4.22. The fourth-order valence-electron chi connectivity index (χ4n) is 4.20. The second-order valence-corrected chi connectivity index (χ2v) is 8.46. The molecule has 0 radical (unpaired) electrons. The van der Waals surface area contributed by atoms with Crippen molar-refractivity contribution in [2.75, 3.05) is 13.6 Å². The Balaban J connectivity index is 1.26. The molecular weight excluding hydrogens is 473 g/mol. The molecule has 2 aromatic carbocycles. The Bertz CT molecular complexity index is 1360. The topological polar surface area (TPSA) is 111 Å². The molecule has 0 spiro atoms. The van der Waals surface area contributed by atoms with Gasteiger partial charge in [0.25, 0.3) is 0 Å². The number of hydrogen-bond acceptors (Lipinski definition) is 6. The third-order valence-electron chi connectivity index (χ3n) is 6.11. The zero-order chi connectivity index (χ0) is 25.3. The van der Waals surface area contributed by atoms with Crippen LogP contribution in [0.3, 0.4) is 0 Å². The molecule has 0 aliphatic carbocycles. The van der Waals surface area contributed by atoms with E-state index >= 15 is 0 Å². The van der Waals surface area contributed by atoms with Crippen LogP contribution in [0.4, 0.5) is 13.2 Å². The molecular formula is C24H23F3N8O. The van der Waals surface area contributed by atoms with Gasteiger partial charge in [0.2, 0.25) is 11.7 Å². The summed E-state index contributed by atoms with van der Waals surface area (Å²) >= 11 is 0. The van der Waals surface area contributed by atoms with E-state index in [0.29, 0.717) is 35.5 Å². The highest BCUT2D eigenvalue weighted by Crippen LogP contribution is 2.32. The zero-order valence-corrected chi connectivity index (χ0v) is 19.4. The van der Waals surface area contributed by atoms with E-state index in [2.05, 4.69) is 25.4 Å². The Morgan fingerprint density at radius 3 is 2.53 bits per heavy atom. The number of hydrogen-bond donors (Lipinski definition) is 1. The van der Waals surface area contributed by atoms with E-state index in [1.165, 1.54) is 12.1 Å². The second-order valence-electron chi connectivity index (χ2n) is 8.46. The van der Waals surface area contributed by atoms with E-state index in [1.807, 2.05) is 29.2 Å². The van der Waals surface area contributed by atoms with Crippen molar-refractivity contribution in [3.05, 3.63) is 71.7 Å². The molecule has 1 atom stereocenters. The lowest BCUT2D eigenvalue weighted by Crippen LogP contribution is -2.36. The van der Waals surface area contributed by atoms with Crippen molar-refractivity contribution >= 4 is 5.96 Å². The van der Waals surface area contributed by atoms with Crippen LogP contribution in [0.25, 0.3) is 22.6 Å². The molecule has 0 bridgehead atoms. The molecule has 3 heterocycles. The highest BCUT2D eigenvalue weighted by Gasteiger charge is 2.32. The van der Waals surface area contributed by atoms with Gasteiger partial charge in [0.05, 0.1) is 18.3 Å². The second kappa shape index (κ2) is 9.44. The van der Waals surface area contributed by atoms with Crippen LogP contribution in [0.5, 0.6) is 0 Å². The Morgan fingerprint density at radius 2 is 1.83 bits per heavy atom. The number of aliphatic imine (C=N–C) groups is 1. The van der Waals surface area contributed by atoms with Crippen LogP contribution in [0.2, 0.25) is 0 Å². The van der Waals surface area contributed by atoms with Crippen molar-refractivity contribution in [2.45, 2.75) is 31.6 Å². The lowest BCUT2D eigenvalue weighted by molar-refractivity contribution is -0.137. The standard InChI is InChI=1S/C24H23F3N8O/c1-29-23(28)35-12-2-3-20(35)22-30-21(32-36-22)17-6-4-15(5-7-17)13-34-14-19(31-33-34)16-8-10-18(11-9-16)24(25,26)27/h4-11,14,20H,2-3,12-13H2,1H3,(H2,28,29). The average molecular weight is 496 g/mol. The van der Waals surface area contributed by atoms with Crippen molar-refractivity contribution in [3.63, 3.8) is 0 Å². The largest absolute Gasteiger partial charge is 0.416 e. The minimum Gasteiger partial charge on any atom is -0.370 e. The van der Waals surface area contributed by atoms with Gasteiger partial charge in [0, 0.05) is 24.7 Å². The average Bonchev–Trinajstić information content (AvgIpc) is 3.64. The fourth-order valence-corrected chi connectivity index (χ4v) is 4.20. The predicted octanol–water partition coefficient (Wildman–Crippen LogP) is 4.14. The maximum absolute atomic E-state index is 12.8. The molecule has 1 saturated heterocycles. The van der Waals surface area contributed by atoms with Gasteiger partial charge < -0.3 is 15.2 Å². The maximum Gasteiger partial charge on any atom is 0.416 e. The summed E-state index contributed by atoms with van der Waals surface area (Å²) in [6, 6.07) is 12.4. The van der Waals surface area contributed by atoms with Gasteiger partial charge in [-0.2, -0.15) is 18.2 Å². The normalized spacial score (nSPS) is 16.6. The summed E-state index contributed by atoms with van der Waals surface area (Å²) in [5, 5.41) is 12.3. The molecule has 186 valence electrons. The van der Waals surface area contributed by atoms with Crippen LogP contribution in [-0.2, 0) is 12.7 Å². The number of alkyl halides is 3. The first-order chi connectivity index (χ1) is 17.3. The Labute approximate surface area is 204 Å². The van der Waals surface area contributed by atoms with Gasteiger partial charge in [0.1, 0.15) is 11.7 Å². The third kappa shape index (κ3) is 4.79. The molecule has 4 aromatic rings. The van der Waals surface area contributed by atoms with E-state index < -0.39 is 11.7 Å². The molecule has 36 heavy (non-hydrogen) atoms. The summed E-state index contributed by atoms with van der Waals surface area (Å²) < 4.78 is 45.5. The zero-order valence-electron chi connectivity index (χ0n) is 19.4. The monoisotopic (exact) mass is 496 g/mol. The van der Waals surface area contributed by atoms with Crippen molar-refractivity contribution in [1.82, 2.24) is 30.0 Å². The van der Waals surface area contributed by atoms with Gasteiger partial charge >= 0.3 is 6.18 Å². The van der Waals surface area contributed by atoms with Crippen LogP contribution in [0.1, 0.15) is 35.9 Å². The van der Waals surface area contributed by atoms with Gasteiger partial charge in [0.15, 0.2) is 5.96 Å². The number of nitrogens with zero attached hydrogens (tertiary/aromatic N) is 7. The summed E-state index contributed by atoms with van der Waals surface area (Å²) in [4.78, 5) is 10.6. The summed E-state index contributed by atoms with van der Waals surface area (Å²) in [5.74, 6) is 1.45. The molecule has 5 rings (SSSR count). The van der Waals surface area contributed by atoms with Crippen LogP contribution in [-0.4, -0.2) is 49.6 Å². The van der Waals surface area contributed by atoms with Crippen LogP contribution in [0.15, 0.2) is 64.2 Å². The molecule has 1 fully saturated rings. The molecule has 9 nitrogen and oxygen atoms in total. The molecule has 0 amide bonds. The first-order valence-electron chi connectivity index (χ1n) is 11.3. The van der Waals surface area contributed by atoms with E-state index in [0.717, 1.165) is 42.6 Å². The van der Waals surface area contributed by atoms with E-state index in [1.54, 1.807) is 17.9 Å². The molecule has 2 N–H and O–H groups in total. The SMILES string of the molecule is CN=C(N)N1CCCC1c1nc(-c2ccc(Cn3cc(-c4ccc(C(F)(F)F)cc4)nn3)cc2)no1. The van der Waals surface area contributed by atoms with Gasteiger partial charge in [-0.05, 0) is 30.5 Å². The molecule has 1 unspecified atom stereocenters. The predicted molar refractivity (Wildman–Crippen MR) is 126 cm³/mol. The minimum atomic E-state index is -4.37. The number of benzene rings is 2. The summed E-state index contributed by atoms with van der Waals surface area (Å²) in [6.45, 7) is 1.24. The lowest BCUT2D eigenvalue weighted by atomic mass is 10.1. The summed E-state index contributed by atoms with van der Waals surface area (Å²) in [6.07, 6.45) is -0.847. The van der Waals surface area contributed by atoms with Gasteiger partial charge in [-0.1, -0.05) is 46.8 Å². The van der Waals surface area contributed by atoms with Crippen LogP contribution in [0, 0.1) is 0 Å². The Kier molecular flexibility index (Phi) is 6.17. The molecule has 1 aliphatic rings. The fraction of sp³-hybridized carbons (Fsp3) is 0.292. The van der Waals surface area contributed by atoms with Crippen LogP contribution >= 0.6 is 0 Å². The van der Waals surface area contributed by atoms with Gasteiger partial charge in [-0.3, -0.25) is 4.99 Å². The number of guanidine groups is 1. The molecule has 12 heteroatoms. The van der Waals surface area contributed by atoms with Gasteiger partial charge in [-0.25, -0.2) is 4.68 Å². The first-order valence-corrected chi connectivity index (χ1v) is 11.3. The van der Waals surface area contributed by atoms with Crippen molar-refractivity contribution < 1.29 is 17.7 Å². The third-order valence-corrected chi connectivity index (χ3v) is 6.11. The Morgan fingerprint density at radius 1 is 1.11 bits per heavy atom. The van der Waals surface area contributed by atoms with Gasteiger partial charge in [-0.15, -0.1) is 5.10 Å². The minimum absolute atomic E-state index is 0.0830. The highest BCUT2D eigenvalue weighted by atomic mass is 19.4. The smallest absolute Gasteiger partial charge is 0.370 e. The maximum atomic E-state index is 12.8.